The summed E-state index contributed by atoms with van der Waals surface area (Å²) in [4.78, 5) is 9.16. The van der Waals surface area contributed by atoms with Gasteiger partial charge >= 0.3 is 0 Å². The van der Waals surface area contributed by atoms with Crippen LogP contribution in [-0.4, -0.2) is 28.7 Å². The summed E-state index contributed by atoms with van der Waals surface area (Å²) < 4.78 is 17.0. The van der Waals surface area contributed by atoms with Gasteiger partial charge in [0.05, 0.1) is 18.3 Å². The largest absolute Gasteiger partial charge is 0.495 e. The standard InChI is InChI=1S/C20H24ClN3O3/c1-11(2)22-19-24-14(10-26-19)13-9-16(27-20(3,4)5)12-7-8-15(25-6)17(21)18(12)23-13/h7-11H,1-6H3,(H,22,24). The molecule has 0 aliphatic carbocycles. The zero-order valence-electron chi connectivity index (χ0n) is 16.4. The first-order chi connectivity index (χ1) is 12.7. The number of anilines is 1. The third kappa shape index (κ3) is 4.27. The van der Waals surface area contributed by atoms with Gasteiger partial charge in [0.1, 0.15) is 34.1 Å². The minimum atomic E-state index is -0.383. The van der Waals surface area contributed by atoms with Crippen LogP contribution in [0.1, 0.15) is 34.6 Å². The second-order valence-electron chi connectivity index (χ2n) is 7.53. The van der Waals surface area contributed by atoms with E-state index in [4.69, 9.17) is 30.5 Å². The number of pyridine rings is 1. The lowest BCUT2D eigenvalue weighted by Gasteiger charge is -2.23. The van der Waals surface area contributed by atoms with Crippen molar-refractivity contribution in [2.24, 2.45) is 0 Å². The molecule has 0 atom stereocenters. The molecule has 0 saturated heterocycles. The van der Waals surface area contributed by atoms with Crippen LogP contribution < -0.4 is 14.8 Å². The minimum absolute atomic E-state index is 0.208. The van der Waals surface area contributed by atoms with Crippen LogP contribution in [-0.2, 0) is 0 Å². The second kappa shape index (κ2) is 7.27. The van der Waals surface area contributed by atoms with Gasteiger partial charge in [-0.05, 0) is 46.8 Å². The number of methoxy groups -OCH3 is 1. The Kier molecular flexibility index (Phi) is 5.20. The number of halogens is 1. The lowest BCUT2D eigenvalue weighted by Crippen LogP contribution is -2.23. The summed E-state index contributed by atoms with van der Waals surface area (Å²) in [5.41, 5.74) is 1.41. The number of benzene rings is 1. The summed E-state index contributed by atoms with van der Waals surface area (Å²) in [5, 5.41) is 4.37. The summed E-state index contributed by atoms with van der Waals surface area (Å²) in [5.74, 6) is 1.23. The lowest BCUT2D eigenvalue weighted by molar-refractivity contribution is 0.133. The Morgan fingerprint density at radius 3 is 2.48 bits per heavy atom. The van der Waals surface area contributed by atoms with Crippen molar-refractivity contribution in [3.05, 3.63) is 29.5 Å². The molecule has 27 heavy (non-hydrogen) atoms. The zero-order chi connectivity index (χ0) is 19.8. The number of hydrogen-bond acceptors (Lipinski definition) is 6. The molecule has 144 valence electrons. The zero-order valence-corrected chi connectivity index (χ0v) is 17.1. The molecular weight excluding hydrogens is 366 g/mol. The first-order valence-electron chi connectivity index (χ1n) is 8.76. The van der Waals surface area contributed by atoms with Crippen LogP contribution in [0.5, 0.6) is 11.5 Å². The van der Waals surface area contributed by atoms with Gasteiger partial charge in [0, 0.05) is 17.5 Å². The number of hydrogen-bond donors (Lipinski definition) is 1. The Hall–Kier alpha value is -2.47. The molecule has 0 aliphatic heterocycles. The molecule has 0 saturated carbocycles. The fourth-order valence-electron chi connectivity index (χ4n) is 2.62. The van der Waals surface area contributed by atoms with Crippen molar-refractivity contribution in [1.29, 1.82) is 0 Å². The van der Waals surface area contributed by atoms with Gasteiger partial charge in [-0.15, -0.1) is 0 Å². The molecule has 3 rings (SSSR count). The molecule has 7 heteroatoms. The van der Waals surface area contributed by atoms with Crippen molar-refractivity contribution >= 4 is 28.5 Å². The average molecular weight is 390 g/mol. The van der Waals surface area contributed by atoms with Gasteiger partial charge in [-0.25, -0.2) is 4.98 Å². The van der Waals surface area contributed by atoms with E-state index in [9.17, 15) is 0 Å². The number of ether oxygens (including phenoxy) is 2. The Morgan fingerprint density at radius 2 is 1.85 bits per heavy atom. The normalized spacial score (nSPS) is 11.9. The van der Waals surface area contributed by atoms with Crippen LogP contribution in [0.4, 0.5) is 6.01 Å². The minimum Gasteiger partial charge on any atom is -0.495 e. The van der Waals surface area contributed by atoms with E-state index < -0.39 is 0 Å². The highest BCUT2D eigenvalue weighted by Crippen LogP contribution is 2.39. The van der Waals surface area contributed by atoms with Crippen LogP contribution in [0.25, 0.3) is 22.3 Å². The molecule has 3 aromatic rings. The quantitative estimate of drug-likeness (QED) is 0.617. The predicted molar refractivity (Wildman–Crippen MR) is 108 cm³/mol. The van der Waals surface area contributed by atoms with Gasteiger partial charge in [0.15, 0.2) is 0 Å². The number of aromatic nitrogens is 2. The predicted octanol–water partition coefficient (Wildman–Crippen LogP) is 5.55. The van der Waals surface area contributed by atoms with Crippen molar-refractivity contribution in [1.82, 2.24) is 9.97 Å². The summed E-state index contributed by atoms with van der Waals surface area (Å²) in [6.07, 6.45) is 1.56. The Bertz CT molecular complexity index is 961. The molecular formula is C20H24ClN3O3. The van der Waals surface area contributed by atoms with E-state index in [-0.39, 0.29) is 11.6 Å². The summed E-state index contributed by atoms with van der Waals surface area (Å²) in [6.45, 7) is 10.00. The van der Waals surface area contributed by atoms with E-state index in [1.165, 1.54) is 0 Å². The van der Waals surface area contributed by atoms with Gasteiger partial charge in [-0.3, -0.25) is 0 Å². The van der Waals surface area contributed by atoms with E-state index >= 15 is 0 Å². The SMILES string of the molecule is COc1ccc2c(OC(C)(C)C)cc(-c3coc(NC(C)C)n3)nc2c1Cl. The molecule has 0 spiro atoms. The monoisotopic (exact) mass is 389 g/mol. The van der Waals surface area contributed by atoms with E-state index in [0.717, 1.165) is 5.39 Å². The Morgan fingerprint density at radius 1 is 1.11 bits per heavy atom. The van der Waals surface area contributed by atoms with Crippen molar-refractivity contribution in [2.75, 3.05) is 12.4 Å². The number of fused-ring (bicyclic) bond motifs is 1. The smallest absolute Gasteiger partial charge is 0.295 e. The molecule has 0 bridgehead atoms. The highest BCUT2D eigenvalue weighted by molar-refractivity contribution is 6.36. The van der Waals surface area contributed by atoms with E-state index in [0.29, 0.717) is 39.4 Å². The van der Waals surface area contributed by atoms with Crippen LogP contribution >= 0.6 is 11.6 Å². The van der Waals surface area contributed by atoms with E-state index in [1.807, 2.05) is 52.8 Å². The summed E-state index contributed by atoms with van der Waals surface area (Å²) >= 11 is 6.52. The third-order valence-corrected chi connectivity index (χ3v) is 4.03. The fraction of sp³-hybridized carbons (Fsp3) is 0.400. The van der Waals surface area contributed by atoms with E-state index in [2.05, 4.69) is 10.3 Å². The molecule has 0 aliphatic rings. The topological polar surface area (TPSA) is 69.4 Å². The van der Waals surface area contributed by atoms with Gasteiger partial charge in [0.2, 0.25) is 0 Å². The maximum Gasteiger partial charge on any atom is 0.295 e. The molecule has 0 unspecified atom stereocenters. The van der Waals surface area contributed by atoms with Gasteiger partial charge in [-0.2, -0.15) is 4.98 Å². The average Bonchev–Trinajstić information content (AvgIpc) is 3.02. The van der Waals surface area contributed by atoms with E-state index in [1.54, 1.807) is 13.4 Å². The van der Waals surface area contributed by atoms with Gasteiger partial charge in [0.25, 0.3) is 6.01 Å². The maximum absolute atomic E-state index is 6.52. The van der Waals surface area contributed by atoms with Gasteiger partial charge in [-0.1, -0.05) is 11.6 Å². The highest BCUT2D eigenvalue weighted by atomic mass is 35.5. The molecule has 0 fully saturated rings. The van der Waals surface area contributed by atoms with Crippen molar-refractivity contribution in [3.63, 3.8) is 0 Å². The molecule has 2 aromatic heterocycles. The van der Waals surface area contributed by atoms with Gasteiger partial charge < -0.3 is 19.2 Å². The van der Waals surface area contributed by atoms with Crippen LogP contribution in [0, 0.1) is 0 Å². The van der Waals surface area contributed by atoms with Crippen LogP contribution in [0.3, 0.4) is 0 Å². The number of nitrogens with one attached hydrogen (secondary N) is 1. The Labute approximate surface area is 163 Å². The first kappa shape index (κ1) is 19.3. The number of rotatable bonds is 5. The summed E-state index contributed by atoms with van der Waals surface area (Å²) in [6, 6.07) is 6.21. The lowest BCUT2D eigenvalue weighted by atomic mass is 10.1. The maximum atomic E-state index is 6.52. The van der Waals surface area contributed by atoms with Crippen molar-refractivity contribution < 1.29 is 13.9 Å². The van der Waals surface area contributed by atoms with Crippen molar-refractivity contribution in [3.8, 4) is 22.9 Å². The molecule has 1 aromatic carbocycles. The number of nitrogens with zero attached hydrogens (tertiary/aromatic N) is 2. The molecule has 1 N–H and O–H groups in total. The fourth-order valence-corrected chi connectivity index (χ4v) is 2.90. The highest BCUT2D eigenvalue weighted by Gasteiger charge is 2.20. The first-order valence-corrected chi connectivity index (χ1v) is 9.14. The molecule has 6 nitrogen and oxygen atoms in total. The molecule has 0 radical (unpaired) electrons. The second-order valence-corrected chi connectivity index (χ2v) is 7.91. The Balaban J connectivity index is 2.17. The molecule has 2 heterocycles. The van der Waals surface area contributed by atoms with Crippen molar-refractivity contribution in [2.45, 2.75) is 46.3 Å². The number of oxazole rings is 1. The third-order valence-electron chi connectivity index (χ3n) is 3.66. The van der Waals surface area contributed by atoms with Crippen LogP contribution in [0.2, 0.25) is 5.02 Å². The summed E-state index contributed by atoms with van der Waals surface area (Å²) in [7, 11) is 1.57. The van der Waals surface area contributed by atoms with Crippen LogP contribution in [0.15, 0.2) is 28.9 Å². The molecule has 0 amide bonds.